The van der Waals surface area contributed by atoms with Gasteiger partial charge in [0.25, 0.3) is 0 Å². The third-order valence-corrected chi connectivity index (χ3v) is 14.1. The number of aliphatic hydroxyl groups excluding tert-OH is 1. The average Bonchev–Trinajstić information content (AvgIpc) is 2.89. The molecule has 0 spiro atoms. The van der Waals surface area contributed by atoms with Gasteiger partial charge in [-0.3, -0.25) is 14.5 Å². The van der Waals surface area contributed by atoms with Gasteiger partial charge in [0.2, 0.25) is 11.6 Å². The highest BCUT2D eigenvalue weighted by Crippen LogP contribution is 2.74. The number of fused-ring (bicyclic) bond motifs is 7. The molecule has 0 aromatic rings. The first kappa shape index (κ1) is 29.0. The topological polar surface area (TPSA) is 65.2 Å². The molecule has 1 heterocycles. The van der Waals surface area contributed by atoms with E-state index in [-0.39, 0.29) is 62.4 Å². The normalized spacial score (nSPS) is 45.6. The van der Waals surface area contributed by atoms with Crippen LogP contribution in [0, 0.1) is 51.4 Å². The van der Waals surface area contributed by atoms with Crippen molar-refractivity contribution in [1.29, 1.82) is 0 Å². The molecule has 0 radical (unpaired) electrons. The van der Waals surface area contributed by atoms with E-state index in [0.29, 0.717) is 18.7 Å². The summed E-state index contributed by atoms with van der Waals surface area (Å²) < 4.78 is 0. The smallest absolute Gasteiger partial charge is 0.236 e. The molecular weight excluding hydrogens is 510 g/mol. The molecule has 1 N–H and O–H groups in total. The van der Waals surface area contributed by atoms with Crippen molar-refractivity contribution in [3.05, 3.63) is 34.5 Å². The lowest BCUT2D eigenvalue weighted by molar-refractivity contribution is -0.184. The maximum atomic E-state index is 14.7. The largest absolute Gasteiger partial charge is 0.523 e. The van der Waals surface area contributed by atoms with Gasteiger partial charge in [0.05, 0.1) is 13.1 Å². The molecule has 6 nitrogen and oxygen atoms in total. The summed E-state index contributed by atoms with van der Waals surface area (Å²) in [4.78, 5) is 35.9. The van der Waals surface area contributed by atoms with Gasteiger partial charge in [0.15, 0.2) is 5.78 Å². The minimum absolute atomic E-state index is 0.0691. The van der Waals surface area contributed by atoms with Crippen molar-refractivity contribution in [3.63, 3.8) is 0 Å². The third kappa shape index (κ3) is 3.63. The van der Waals surface area contributed by atoms with E-state index in [4.69, 9.17) is 6.57 Å². The Morgan fingerprint density at radius 3 is 2.32 bits per heavy atom. The van der Waals surface area contributed by atoms with Crippen LogP contribution in [0.2, 0.25) is 0 Å². The second-order valence-corrected chi connectivity index (χ2v) is 16.8. The van der Waals surface area contributed by atoms with E-state index < -0.39 is 5.41 Å². The Kier molecular flexibility index (Phi) is 6.15. The number of piperazine rings is 1. The van der Waals surface area contributed by atoms with Crippen LogP contribution in [-0.2, 0) is 9.59 Å². The number of allylic oxidation sites excluding steroid dienone is 4. The highest BCUT2D eigenvalue weighted by atomic mass is 16.3. The summed E-state index contributed by atoms with van der Waals surface area (Å²) in [6, 6.07) is 0. The molecule has 0 unspecified atom stereocenters. The van der Waals surface area contributed by atoms with Gasteiger partial charge in [-0.15, -0.1) is 0 Å². The van der Waals surface area contributed by atoms with Gasteiger partial charge < -0.3 is 10.0 Å². The summed E-state index contributed by atoms with van der Waals surface area (Å²) in [6.45, 7) is 26.0. The summed E-state index contributed by atoms with van der Waals surface area (Å²) >= 11 is 0. The van der Waals surface area contributed by atoms with E-state index in [2.05, 4.69) is 58.2 Å². The SMILES string of the molecule is [C-]#[N+]C1=C(O)C(C)(C)[C@@H]2CC[C@]3(C)C(=CC(=O)[C@@H]4[C@@H]5CC(C)(C)CC[C@]5(N5CCN(C)C(=O)C5)CC[C@]43C)[C@@]2(C)C1. The van der Waals surface area contributed by atoms with Crippen molar-refractivity contribution in [3.8, 4) is 0 Å². The zero-order valence-electron chi connectivity index (χ0n) is 26.7. The van der Waals surface area contributed by atoms with Crippen molar-refractivity contribution >= 4 is 11.7 Å². The van der Waals surface area contributed by atoms with Crippen molar-refractivity contribution in [1.82, 2.24) is 9.80 Å². The fourth-order valence-corrected chi connectivity index (χ4v) is 11.6. The number of carbonyl (C=O) groups excluding carboxylic acids is 2. The van der Waals surface area contributed by atoms with E-state index in [1.54, 1.807) is 0 Å². The van der Waals surface area contributed by atoms with E-state index >= 15 is 0 Å². The monoisotopic (exact) mass is 561 g/mol. The van der Waals surface area contributed by atoms with Crippen LogP contribution >= 0.6 is 0 Å². The maximum absolute atomic E-state index is 14.7. The van der Waals surface area contributed by atoms with Crippen LogP contribution in [0.4, 0.5) is 0 Å². The number of hydrogen-bond donors (Lipinski definition) is 1. The van der Waals surface area contributed by atoms with E-state index in [1.165, 1.54) is 5.57 Å². The van der Waals surface area contributed by atoms with Crippen LogP contribution in [0.15, 0.2) is 23.1 Å². The molecule has 1 saturated heterocycles. The first-order chi connectivity index (χ1) is 19.0. The first-order valence-corrected chi connectivity index (χ1v) is 16.0. The second-order valence-electron chi connectivity index (χ2n) is 16.8. The third-order valence-electron chi connectivity index (χ3n) is 14.1. The molecular formula is C35H51N3O3. The number of ketones is 1. The van der Waals surface area contributed by atoms with Gasteiger partial charge in [0, 0.05) is 37.0 Å². The quantitative estimate of drug-likeness (QED) is 0.358. The minimum Gasteiger partial charge on any atom is -0.523 e. The first-order valence-electron chi connectivity index (χ1n) is 16.0. The second kappa shape index (κ2) is 8.71. The van der Waals surface area contributed by atoms with Crippen LogP contribution in [0.25, 0.3) is 4.85 Å². The molecule has 1 aliphatic heterocycles. The fourth-order valence-electron chi connectivity index (χ4n) is 11.6. The average molecular weight is 562 g/mol. The Bertz CT molecular complexity index is 1300. The van der Waals surface area contributed by atoms with Crippen LogP contribution in [0.5, 0.6) is 0 Å². The summed E-state index contributed by atoms with van der Waals surface area (Å²) in [7, 11) is 1.91. The van der Waals surface area contributed by atoms with E-state index in [1.807, 2.05) is 18.0 Å². The Balaban J connectivity index is 1.48. The molecule has 224 valence electrons. The van der Waals surface area contributed by atoms with Gasteiger partial charge >= 0.3 is 0 Å². The predicted molar refractivity (Wildman–Crippen MR) is 161 cm³/mol. The van der Waals surface area contributed by atoms with Crippen LogP contribution < -0.4 is 0 Å². The molecule has 0 bridgehead atoms. The van der Waals surface area contributed by atoms with Crippen molar-refractivity contribution in [2.45, 2.75) is 105 Å². The van der Waals surface area contributed by atoms with Gasteiger partial charge in [-0.1, -0.05) is 54.0 Å². The molecule has 7 atom stereocenters. The Labute approximate surface area is 247 Å². The molecule has 3 saturated carbocycles. The van der Waals surface area contributed by atoms with Crippen LogP contribution in [0.1, 0.15) is 99.8 Å². The lowest BCUT2D eigenvalue weighted by Crippen LogP contribution is -2.71. The molecule has 6 heteroatoms. The predicted octanol–water partition coefficient (Wildman–Crippen LogP) is 6.79. The Morgan fingerprint density at radius 1 is 0.976 bits per heavy atom. The summed E-state index contributed by atoms with van der Waals surface area (Å²) in [5.41, 5.74) is 0.588. The Hall–Kier alpha value is -2.13. The minimum atomic E-state index is -0.501. The van der Waals surface area contributed by atoms with Crippen molar-refractivity contribution in [2.24, 2.45) is 44.8 Å². The number of likely N-dealkylation sites (N-methyl/N-ethyl adjacent to an activating group) is 1. The lowest BCUT2D eigenvalue weighted by atomic mass is 9.35. The number of rotatable bonds is 1. The highest BCUT2D eigenvalue weighted by Gasteiger charge is 2.70. The van der Waals surface area contributed by atoms with Gasteiger partial charge in [-0.2, -0.15) is 0 Å². The van der Waals surface area contributed by atoms with Crippen molar-refractivity contribution in [2.75, 3.05) is 26.7 Å². The zero-order chi connectivity index (χ0) is 30.0. The molecule has 4 fully saturated rings. The summed E-state index contributed by atoms with van der Waals surface area (Å²) in [5, 5.41) is 11.1. The highest BCUT2D eigenvalue weighted by molar-refractivity contribution is 5.95. The molecule has 0 aromatic heterocycles. The number of hydrogen-bond acceptors (Lipinski definition) is 4. The summed E-state index contributed by atoms with van der Waals surface area (Å²) in [5.74, 6) is 1.05. The Morgan fingerprint density at radius 2 is 1.66 bits per heavy atom. The number of aliphatic hydroxyl groups is 1. The standard InChI is InChI=1S/C35H51N3O3/c1-30(2)12-14-35(38-17-16-37(9)27(40)21-38)15-13-34(7)28(22(35)19-30)24(39)18-26-32(5)20-23(36-8)29(41)31(3,4)25(32)10-11-33(26,34)6/h18,22,25,28,41H,10-17,19-21H2,1-7,9H3/t22-,25-,28-,32-,33+,34+,35-/m0/s1. The number of nitrogens with zero attached hydrogens (tertiary/aromatic N) is 3. The molecule has 0 aromatic carbocycles. The van der Waals surface area contributed by atoms with Gasteiger partial charge in [0.1, 0.15) is 5.76 Å². The maximum Gasteiger partial charge on any atom is 0.236 e. The van der Waals surface area contributed by atoms with Crippen molar-refractivity contribution < 1.29 is 14.7 Å². The van der Waals surface area contributed by atoms with E-state index in [0.717, 1.165) is 58.0 Å². The molecule has 6 rings (SSSR count). The van der Waals surface area contributed by atoms with E-state index in [9.17, 15) is 14.7 Å². The number of amides is 1. The number of carbonyl (C=O) groups is 2. The van der Waals surface area contributed by atoms with Gasteiger partial charge in [-0.25, -0.2) is 4.85 Å². The van der Waals surface area contributed by atoms with Gasteiger partial charge in [-0.05, 0) is 90.9 Å². The molecule has 1 amide bonds. The van der Waals surface area contributed by atoms with Crippen LogP contribution in [-0.4, -0.2) is 58.8 Å². The lowest BCUT2D eigenvalue weighted by Gasteiger charge is -2.71. The fraction of sp³-hybridized carbons (Fsp3) is 0.800. The van der Waals surface area contributed by atoms with Crippen LogP contribution in [0.3, 0.4) is 0 Å². The molecule has 5 aliphatic carbocycles. The summed E-state index contributed by atoms with van der Waals surface area (Å²) in [6.07, 6.45) is 9.76. The molecule has 41 heavy (non-hydrogen) atoms. The zero-order valence-corrected chi connectivity index (χ0v) is 26.7. The molecule has 6 aliphatic rings.